The molecule has 7 nitrogen and oxygen atoms in total. The van der Waals surface area contributed by atoms with Crippen molar-refractivity contribution in [1.82, 2.24) is 0 Å². The SMILES string of the molecule is O=C(COC(=O)CCc1ccccc1)Nc1ccccc1[N+](=O)[O-]. The molecule has 1 N–H and O–H groups in total. The lowest BCUT2D eigenvalue weighted by Crippen LogP contribution is -2.21. The van der Waals surface area contributed by atoms with Crippen LogP contribution in [0.15, 0.2) is 54.6 Å². The number of carbonyl (C=O) groups excluding carboxylic acids is 2. The van der Waals surface area contributed by atoms with Crippen molar-refractivity contribution in [3.8, 4) is 0 Å². The number of nitrogens with one attached hydrogen (secondary N) is 1. The molecular weight excluding hydrogens is 312 g/mol. The van der Waals surface area contributed by atoms with Crippen LogP contribution < -0.4 is 5.32 Å². The summed E-state index contributed by atoms with van der Waals surface area (Å²) in [4.78, 5) is 33.7. The van der Waals surface area contributed by atoms with Crippen molar-refractivity contribution in [3.05, 3.63) is 70.3 Å². The van der Waals surface area contributed by atoms with Crippen LogP contribution in [-0.4, -0.2) is 23.4 Å². The maximum absolute atomic E-state index is 11.8. The fourth-order valence-electron chi connectivity index (χ4n) is 2.03. The van der Waals surface area contributed by atoms with E-state index in [1.807, 2.05) is 30.3 Å². The number of hydrogen-bond acceptors (Lipinski definition) is 5. The summed E-state index contributed by atoms with van der Waals surface area (Å²) < 4.78 is 4.88. The number of rotatable bonds is 7. The van der Waals surface area contributed by atoms with E-state index in [1.54, 1.807) is 6.07 Å². The minimum atomic E-state index is -0.627. The molecule has 0 heterocycles. The maximum Gasteiger partial charge on any atom is 0.306 e. The van der Waals surface area contributed by atoms with E-state index in [1.165, 1.54) is 18.2 Å². The smallest absolute Gasteiger partial charge is 0.306 e. The van der Waals surface area contributed by atoms with Gasteiger partial charge in [-0.3, -0.25) is 19.7 Å². The largest absolute Gasteiger partial charge is 0.456 e. The minimum Gasteiger partial charge on any atom is -0.456 e. The minimum absolute atomic E-state index is 0.0628. The van der Waals surface area contributed by atoms with Crippen LogP contribution in [-0.2, 0) is 20.7 Å². The molecule has 0 bridgehead atoms. The molecule has 24 heavy (non-hydrogen) atoms. The van der Waals surface area contributed by atoms with E-state index in [0.29, 0.717) is 6.42 Å². The molecule has 0 aliphatic rings. The average Bonchev–Trinajstić information content (AvgIpc) is 2.59. The van der Waals surface area contributed by atoms with Gasteiger partial charge < -0.3 is 10.1 Å². The number of nitro benzene ring substituents is 1. The molecule has 2 rings (SSSR count). The number of aryl methyl sites for hydroxylation is 1. The summed E-state index contributed by atoms with van der Waals surface area (Å²) in [5.74, 6) is -1.13. The number of nitrogens with zero attached hydrogens (tertiary/aromatic N) is 1. The van der Waals surface area contributed by atoms with Crippen LogP contribution in [0.2, 0.25) is 0 Å². The van der Waals surface area contributed by atoms with Gasteiger partial charge in [0.2, 0.25) is 0 Å². The van der Waals surface area contributed by atoms with Crippen LogP contribution in [0.3, 0.4) is 0 Å². The van der Waals surface area contributed by atoms with Crippen molar-refractivity contribution in [2.75, 3.05) is 11.9 Å². The highest BCUT2D eigenvalue weighted by Gasteiger charge is 2.15. The van der Waals surface area contributed by atoms with Crippen LogP contribution in [0.1, 0.15) is 12.0 Å². The molecule has 0 fully saturated rings. The van der Waals surface area contributed by atoms with E-state index in [0.717, 1.165) is 5.56 Å². The van der Waals surface area contributed by atoms with E-state index >= 15 is 0 Å². The number of hydrogen-bond donors (Lipinski definition) is 1. The number of anilines is 1. The molecule has 7 heteroatoms. The topological polar surface area (TPSA) is 98.5 Å². The molecule has 0 saturated heterocycles. The highest BCUT2D eigenvalue weighted by molar-refractivity contribution is 5.94. The molecule has 0 radical (unpaired) electrons. The Morgan fingerprint density at radius 2 is 1.71 bits per heavy atom. The van der Waals surface area contributed by atoms with E-state index in [-0.39, 0.29) is 17.8 Å². The average molecular weight is 328 g/mol. The molecular formula is C17H16N2O5. The quantitative estimate of drug-likeness (QED) is 0.478. The summed E-state index contributed by atoms with van der Waals surface area (Å²) in [5, 5.41) is 13.2. The standard InChI is InChI=1S/C17H16N2O5/c20-16(18-14-8-4-5-9-15(14)19(22)23)12-24-17(21)11-10-13-6-2-1-3-7-13/h1-9H,10-12H2,(H,18,20). The summed E-state index contributed by atoms with van der Waals surface area (Å²) >= 11 is 0. The number of nitro groups is 1. The molecule has 0 aliphatic carbocycles. The normalized spacial score (nSPS) is 10.0. The van der Waals surface area contributed by atoms with Crippen molar-refractivity contribution in [2.45, 2.75) is 12.8 Å². The molecule has 0 saturated carbocycles. The Morgan fingerprint density at radius 1 is 1.04 bits per heavy atom. The van der Waals surface area contributed by atoms with Crippen molar-refractivity contribution in [3.63, 3.8) is 0 Å². The van der Waals surface area contributed by atoms with E-state index in [4.69, 9.17) is 4.74 Å². The lowest BCUT2D eigenvalue weighted by molar-refractivity contribution is -0.383. The van der Waals surface area contributed by atoms with Crippen LogP contribution in [0, 0.1) is 10.1 Å². The van der Waals surface area contributed by atoms with Gasteiger partial charge in [0.15, 0.2) is 6.61 Å². The van der Waals surface area contributed by atoms with Crippen molar-refractivity contribution >= 4 is 23.3 Å². The van der Waals surface area contributed by atoms with Crippen molar-refractivity contribution in [1.29, 1.82) is 0 Å². The zero-order valence-electron chi connectivity index (χ0n) is 12.8. The van der Waals surface area contributed by atoms with Gasteiger partial charge in [0.25, 0.3) is 11.6 Å². The van der Waals surface area contributed by atoms with E-state index in [2.05, 4.69) is 5.32 Å². The third-order valence-electron chi connectivity index (χ3n) is 3.20. The maximum atomic E-state index is 11.8. The molecule has 0 aliphatic heterocycles. The Morgan fingerprint density at radius 3 is 2.42 bits per heavy atom. The first-order valence-corrected chi connectivity index (χ1v) is 7.29. The highest BCUT2D eigenvalue weighted by Crippen LogP contribution is 2.22. The van der Waals surface area contributed by atoms with Gasteiger partial charge in [-0.1, -0.05) is 42.5 Å². The zero-order chi connectivity index (χ0) is 17.4. The number of ether oxygens (including phenoxy) is 1. The Kier molecular flexibility index (Phi) is 6.01. The molecule has 1 amide bonds. The summed E-state index contributed by atoms with van der Waals surface area (Å²) in [6, 6.07) is 15.2. The predicted molar refractivity (Wildman–Crippen MR) is 87.4 cm³/mol. The lowest BCUT2D eigenvalue weighted by Gasteiger charge is -2.07. The van der Waals surface area contributed by atoms with Crippen LogP contribution in [0.4, 0.5) is 11.4 Å². The fraction of sp³-hybridized carbons (Fsp3) is 0.176. The molecule has 2 aromatic carbocycles. The summed E-state index contributed by atoms with van der Waals surface area (Å²) in [5.41, 5.74) is 0.841. The number of benzene rings is 2. The number of para-hydroxylation sites is 2. The van der Waals surface area contributed by atoms with Crippen molar-refractivity contribution in [2.24, 2.45) is 0 Å². The monoisotopic (exact) mass is 328 g/mol. The summed E-state index contributed by atoms with van der Waals surface area (Å²) in [6.07, 6.45) is 0.675. The molecule has 0 unspecified atom stereocenters. The summed E-state index contributed by atoms with van der Waals surface area (Å²) in [7, 11) is 0. The second-order valence-electron chi connectivity index (χ2n) is 4.97. The third-order valence-corrected chi connectivity index (χ3v) is 3.20. The molecule has 0 spiro atoms. The highest BCUT2D eigenvalue weighted by atomic mass is 16.6. The van der Waals surface area contributed by atoms with Crippen molar-refractivity contribution < 1.29 is 19.2 Å². The predicted octanol–water partition coefficient (Wildman–Crippen LogP) is 2.71. The second-order valence-corrected chi connectivity index (χ2v) is 4.97. The summed E-state index contributed by atoms with van der Waals surface area (Å²) in [6.45, 7) is -0.486. The van der Waals surface area contributed by atoms with E-state index in [9.17, 15) is 19.7 Å². The molecule has 124 valence electrons. The number of esters is 1. The van der Waals surface area contributed by atoms with Crippen LogP contribution in [0.25, 0.3) is 0 Å². The zero-order valence-corrected chi connectivity index (χ0v) is 12.8. The first-order chi connectivity index (χ1) is 11.6. The Labute approximate surface area is 138 Å². The van der Waals surface area contributed by atoms with Gasteiger partial charge in [0.05, 0.1) is 4.92 Å². The van der Waals surface area contributed by atoms with Crippen LogP contribution in [0.5, 0.6) is 0 Å². The first-order valence-electron chi connectivity index (χ1n) is 7.29. The first kappa shape index (κ1) is 17.1. The molecule has 2 aromatic rings. The van der Waals surface area contributed by atoms with Gasteiger partial charge in [-0.05, 0) is 18.1 Å². The van der Waals surface area contributed by atoms with E-state index < -0.39 is 23.4 Å². The van der Waals surface area contributed by atoms with Gasteiger partial charge in [-0.15, -0.1) is 0 Å². The van der Waals surface area contributed by atoms with Gasteiger partial charge in [0, 0.05) is 12.5 Å². The van der Waals surface area contributed by atoms with Gasteiger partial charge in [-0.2, -0.15) is 0 Å². The Bertz CT molecular complexity index is 731. The van der Waals surface area contributed by atoms with Gasteiger partial charge >= 0.3 is 5.97 Å². The molecule has 0 aromatic heterocycles. The lowest BCUT2D eigenvalue weighted by atomic mass is 10.1. The van der Waals surface area contributed by atoms with Gasteiger partial charge in [-0.25, -0.2) is 0 Å². The fourth-order valence-corrected chi connectivity index (χ4v) is 2.03. The number of carbonyl (C=O) groups is 2. The van der Waals surface area contributed by atoms with Crippen LogP contribution >= 0.6 is 0 Å². The Hall–Kier alpha value is -3.22. The molecule has 0 atom stereocenters. The third kappa shape index (κ3) is 5.20. The van der Waals surface area contributed by atoms with Gasteiger partial charge in [0.1, 0.15) is 5.69 Å². The number of amides is 1. The second kappa shape index (κ2) is 8.42. The Balaban J connectivity index is 1.79.